The standard InChI is InChI=1S/C67H131N3O4/c1-6-11-16-20-23-29-35-43-59-69(60-44-36-30-24-21-17-12-7-2)65(71)53-41-33-27-25-31-39-51-64(70(61-45-37-22-18-13-8-3)66(72)54-48-58-68-56-46-47-57-68)52-40-32-26-28-34-42-55-67(73)74-62-63(49-15-10-5)50-38-19-14-9-4/h63-64H,6-62H2,1-5H3. The zero-order valence-electron chi connectivity index (χ0n) is 50.9. The van der Waals surface area contributed by atoms with E-state index in [1.807, 2.05) is 0 Å². The number of unbranched alkanes of at least 4 members (excludes halogenated alkanes) is 33. The van der Waals surface area contributed by atoms with Crippen molar-refractivity contribution in [1.82, 2.24) is 14.7 Å². The van der Waals surface area contributed by atoms with Crippen LogP contribution in [0.1, 0.15) is 356 Å². The number of carbonyl (C=O) groups excluding carboxylic acids is 3. The van der Waals surface area contributed by atoms with Gasteiger partial charge in [0.2, 0.25) is 11.8 Å². The second kappa shape index (κ2) is 54.7. The zero-order valence-corrected chi connectivity index (χ0v) is 50.9. The molecule has 0 spiro atoms. The molecule has 1 heterocycles. The molecule has 2 amide bonds. The van der Waals surface area contributed by atoms with Crippen LogP contribution < -0.4 is 0 Å². The molecular weight excluding hydrogens is 911 g/mol. The van der Waals surface area contributed by atoms with Crippen molar-refractivity contribution in [3.63, 3.8) is 0 Å². The molecule has 0 N–H and O–H groups in total. The largest absolute Gasteiger partial charge is 0.465 e. The second-order valence-corrected chi connectivity index (χ2v) is 23.9. The van der Waals surface area contributed by atoms with Crippen LogP contribution >= 0.6 is 0 Å². The van der Waals surface area contributed by atoms with Crippen molar-refractivity contribution in [1.29, 1.82) is 0 Å². The summed E-state index contributed by atoms with van der Waals surface area (Å²) in [4.78, 5) is 47.7. The molecule has 0 aromatic heterocycles. The Hall–Kier alpha value is -1.63. The average molecular weight is 1040 g/mol. The SMILES string of the molecule is CCCCCCCCCCN(CCCCCCCCCC)C(=O)CCCCCCCCC(CCCCCCCCC(=O)OCC(CCCC)CCCCCC)N(CCCCCCCC)C(=O)CCCN1CCCC1. The maximum atomic E-state index is 14.2. The zero-order chi connectivity index (χ0) is 53.6. The molecule has 7 heteroatoms. The maximum Gasteiger partial charge on any atom is 0.305 e. The summed E-state index contributed by atoms with van der Waals surface area (Å²) in [5.41, 5.74) is 0. The lowest BCUT2D eigenvalue weighted by molar-refractivity contribution is -0.145. The predicted molar refractivity (Wildman–Crippen MR) is 322 cm³/mol. The molecule has 7 nitrogen and oxygen atoms in total. The maximum absolute atomic E-state index is 14.2. The Morgan fingerprint density at radius 2 is 0.743 bits per heavy atom. The van der Waals surface area contributed by atoms with Gasteiger partial charge in [-0.15, -0.1) is 0 Å². The Morgan fingerprint density at radius 1 is 0.378 bits per heavy atom. The van der Waals surface area contributed by atoms with E-state index in [9.17, 15) is 14.4 Å². The molecule has 0 saturated carbocycles. The summed E-state index contributed by atoms with van der Waals surface area (Å²) < 4.78 is 5.82. The third kappa shape index (κ3) is 43.4. The first-order valence-corrected chi connectivity index (χ1v) is 33.8. The first-order chi connectivity index (χ1) is 36.4. The van der Waals surface area contributed by atoms with Crippen molar-refractivity contribution in [3.8, 4) is 0 Å². The fourth-order valence-electron chi connectivity index (χ4n) is 11.7. The summed E-state index contributed by atoms with van der Waals surface area (Å²) in [5, 5.41) is 0. The fraction of sp³-hybridized carbons (Fsp3) is 0.955. The molecule has 1 fully saturated rings. The van der Waals surface area contributed by atoms with E-state index in [1.165, 1.54) is 251 Å². The van der Waals surface area contributed by atoms with Crippen LogP contribution in [0.5, 0.6) is 0 Å². The fourth-order valence-corrected chi connectivity index (χ4v) is 11.7. The quantitative estimate of drug-likeness (QED) is 0.0448. The van der Waals surface area contributed by atoms with E-state index in [0.717, 1.165) is 96.8 Å². The molecule has 0 aromatic rings. The van der Waals surface area contributed by atoms with Crippen LogP contribution in [0.2, 0.25) is 0 Å². The monoisotopic (exact) mass is 1040 g/mol. The van der Waals surface area contributed by atoms with Gasteiger partial charge < -0.3 is 19.4 Å². The molecule has 438 valence electrons. The highest BCUT2D eigenvalue weighted by Gasteiger charge is 2.24. The lowest BCUT2D eigenvalue weighted by Gasteiger charge is -2.33. The highest BCUT2D eigenvalue weighted by molar-refractivity contribution is 5.76. The average Bonchev–Trinajstić information content (AvgIpc) is 3.93. The van der Waals surface area contributed by atoms with E-state index in [4.69, 9.17) is 4.74 Å². The Bertz CT molecular complexity index is 1190. The van der Waals surface area contributed by atoms with Gasteiger partial charge in [-0.05, 0) is 103 Å². The van der Waals surface area contributed by atoms with Crippen molar-refractivity contribution < 1.29 is 19.1 Å². The molecule has 0 aliphatic carbocycles. The van der Waals surface area contributed by atoms with Gasteiger partial charge in [0.15, 0.2) is 0 Å². The van der Waals surface area contributed by atoms with Crippen LogP contribution in [0.15, 0.2) is 0 Å². The molecular formula is C67H131N3O4. The van der Waals surface area contributed by atoms with Crippen LogP contribution in [-0.2, 0) is 19.1 Å². The molecule has 2 unspecified atom stereocenters. The molecule has 74 heavy (non-hydrogen) atoms. The van der Waals surface area contributed by atoms with Gasteiger partial charge in [-0.25, -0.2) is 0 Å². The summed E-state index contributed by atoms with van der Waals surface area (Å²) >= 11 is 0. The molecule has 0 bridgehead atoms. The van der Waals surface area contributed by atoms with Crippen LogP contribution in [-0.4, -0.2) is 84.4 Å². The number of esters is 1. The van der Waals surface area contributed by atoms with Gasteiger partial charge in [0.1, 0.15) is 0 Å². The second-order valence-electron chi connectivity index (χ2n) is 23.9. The van der Waals surface area contributed by atoms with Gasteiger partial charge in [0.25, 0.3) is 0 Å². The number of rotatable bonds is 58. The van der Waals surface area contributed by atoms with E-state index in [1.54, 1.807) is 0 Å². The first-order valence-electron chi connectivity index (χ1n) is 33.8. The molecule has 0 radical (unpaired) electrons. The molecule has 1 saturated heterocycles. The number of nitrogens with zero attached hydrogens (tertiary/aromatic N) is 3. The number of hydrogen-bond donors (Lipinski definition) is 0. The van der Waals surface area contributed by atoms with E-state index in [0.29, 0.717) is 43.2 Å². The molecule has 1 aliphatic rings. The van der Waals surface area contributed by atoms with Gasteiger partial charge in [0, 0.05) is 44.9 Å². The molecule has 1 aliphatic heterocycles. The first kappa shape index (κ1) is 70.4. The minimum Gasteiger partial charge on any atom is -0.465 e. The summed E-state index contributed by atoms with van der Waals surface area (Å²) in [7, 11) is 0. The van der Waals surface area contributed by atoms with Crippen molar-refractivity contribution in [2.75, 3.05) is 45.9 Å². The number of amides is 2. The van der Waals surface area contributed by atoms with E-state index in [-0.39, 0.29) is 5.97 Å². The highest BCUT2D eigenvalue weighted by atomic mass is 16.5. The number of likely N-dealkylation sites (tertiary alicyclic amines) is 1. The van der Waals surface area contributed by atoms with Crippen LogP contribution in [0.3, 0.4) is 0 Å². The normalized spacial score (nSPS) is 13.7. The predicted octanol–water partition coefficient (Wildman–Crippen LogP) is 20.1. The summed E-state index contributed by atoms with van der Waals surface area (Å²) in [6.07, 6.45) is 60.2. The minimum atomic E-state index is 0.00377. The number of ether oxygens (including phenoxy) is 1. The van der Waals surface area contributed by atoms with Crippen LogP contribution in [0.25, 0.3) is 0 Å². The van der Waals surface area contributed by atoms with Gasteiger partial charge in [0.05, 0.1) is 6.61 Å². The lowest BCUT2D eigenvalue weighted by Crippen LogP contribution is -2.41. The molecule has 1 rings (SSSR count). The van der Waals surface area contributed by atoms with Crippen LogP contribution in [0, 0.1) is 5.92 Å². The Balaban J connectivity index is 2.70. The van der Waals surface area contributed by atoms with Gasteiger partial charge >= 0.3 is 5.97 Å². The van der Waals surface area contributed by atoms with E-state index < -0.39 is 0 Å². The van der Waals surface area contributed by atoms with Gasteiger partial charge in [-0.3, -0.25) is 14.4 Å². The summed E-state index contributed by atoms with van der Waals surface area (Å²) in [6, 6.07) is 0.346. The van der Waals surface area contributed by atoms with Crippen LogP contribution in [0.4, 0.5) is 0 Å². The van der Waals surface area contributed by atoms with E-state index in [2.05, 4.69) is 49.3 Å². The third-order valence-electron chi connectivity index (χ3n) is 16.8. The number of hydrogen-bond acceptors (Lipinski definition) is 5. The summed E-state index contributed by atoms with van der Waals surface area (Å²) in [6.45, 7) is 18.3. The molecule has 2 atom stereocenters. The van der Waals surface area contributed by atoms with E-state index >= 15 is 0 Å². The van der Waals surface area contributed by atoms with Crippen molar-refractivity contribution >= 4 is 17.8 Å². The van der Waals surface area contributed by atoms with Gasteiger partial charge in [-0.2, -0.15) is 0 Å². The Labute approximate surface area is 463 Å². The van der Waals surface area contributed by atoms with Crippen molar-refractivity contribution in [3.05, 3.63) is 0 Å². The third-order valence-corrected chi connectivity index (χ3v) is 16.8. The Kier molecular flexibility index (Phi) is 52.0. The summed E-state index contributed by atoms with van der Waals surface area (Å²) in [5.74, 6) is 1.35. The van der Waals surface area contributed by atoms with Crippen molar-refractivity contribution in [2.45, 2.75) is 362 Å². The van der Waals surface area contributed by atoms with Crippen molar-refractivity contribution in [2.24, 2.45) is 5.92 Å². The Morgan fingerprint density at radius 3 is 1.23 bits per heavy atom. The van der Waals surface area contributed by atoms with Gasteiger partial charge in [-0.1, -0.05) is 259 Å². The topological polar surface area (TPSA) is 70.2 Å². The molecule has 0 aromatic carbocycles. The lowest BCUT2D eigenvalue weighted by atomic mass is 9.96. The smallest absolute Gasteiger partial charge is 0.305 e. The highest BCUT2D eigenvalue weighted by Crippen LogP contribution is 2.24. The number of carbonyl (C=O) groups is 3. The minimum absolute atomic E-state index is 0.00377.